The Bertz CT molecular complexity index is 321. The molecule has 1 nitrogen and oxygen atoms in total. The SMILES string of the molecule is Fc1cc([C@H]2CCCCN2)ccc1Cl. The minimum Gasteiger partial charge on any atom is -0.310 e. The molecule has 1 N–H and O–H groups in total. The highest BCUT2D eigenvalue weighted by molar-refractivity contribution is 6.30. The van der Waals surface area contributed by atoms with Gasteiger partial charge >= 0.3 is 0 Å². The van der Waals surface area contributed by atoms with Crippen molar-refractivity contribution in [3.05, 3.63) is 34.6 Å². The van der Waals surface area contributed by atoms with E-state index in [2.05, 4.69) is 5.32 Å². The van der Waals surface area contributed by atoms with Crippen molar-refractivity contribution in [1.82, 2.24) is 5.32 Å². The molecule has 0 radical (unpaired) electrons. The van der Waals surface area contributed by atoms with Crippen LogP contribution in [0.2, 0.25) is 5.02 Å². The standard InChI is InChI=1S/C11H13ClFN/c12-9-5-4-8(7-10(9)13)11-3-1-2-6-14-11/h4-5,7,11,14H,1-3,6H2/t11-/m1/s1. The van der Waals surface area contributed by atoms with Crippen LogP contribution in [0.25, 0.3) is 0 Å². The van der Waals surface area contributed by atoms with Gasteiger partial charge in [0.2, 0.25) is 0 Å². The Hall–Kier alpha value is -0.600. The molecule has 1 atom stereocenters. The summed E-state index contributed by atoms with van der Waals surface area (Å²) in [5, 5.41) is 3.57. The van der Waals surface area contributed by atoms with E-state index in [1.165, 1.54) is 18.9 Å². The fraction of sp³-hybridized carbons (Fsp3) is 0.455. The van der Waals surface area contributed by atoms with E-state index >= 15 is 0 Å². The summed E-state index contributed by atoms with van der Waals surface area (Å²) in [5.41, 5.74) is 1.01. The van der Waals surface area contributed by atoms with Crippen LogP contribution in [0.5, 0.6) is 0 Å². The first-order chi connectivity index (χ1) is 6.77. The monoisotopic (exact) mass is 213 g/mol. The lowest BCUT2D eigenvalue weighted by atomic mass is 9.98. The zero-order valence-corrected chi connectivity index (χ0v) is 8.65. The van der Waals surface area contributed by atoms with Crippen molar-refractivity contribution in [2.75, 3.05) is 6.54 Å². The Morgan fingerprint density at radius 2 is 2.21 bits per heavy atom. The molecular formula is C11H13ClFN. The average molecular weight is 214 g/mol. The molecule has 0 spiro atoms. The van der Waals surface area contributed by atoms with Gasteiger partial charge in [0, 0.05) is 6.04 Å². The van der Waals surface area contributed by atoms with Crippen LogP contribution in [0.4, 0.5) is 4.39 Å². The molecule has 1 aliphatic heterocycles. The van der Waals surface area contributed by atoms with Gasteiger partial charge in [-0.2, -0.15) is 0 Å². The molecule has 14 heavy (non-hydrogen) atoms. The first-order valence-electron chi connectivity index (χ1n) is 4.96. The highest BCUT2D eigenvalue weighted by Crippen LogP contribution is 2.25. The second kappa shape index (κ2) is 4.28. The van der Waals surface area contributed by atoms with Crippen molar-refractivity contribution in [2.45, 2.75) is 25.3 Å². The number of hydrogen-bond donors (Lipinski definition) is 1. The number of rotatable bonds is 1. The van der Waals surface area contributed by atoms with E-state index in [0.29, 0.717) is 6.04 Å². The number of piperidine rings is 1. The Kier molecular flexibility index (Phi) is 3.04. The van der Waals surface area contributed by atoms with Crippen molar-refractivity contribution in [1.29, 1.82) is 0 Å². The highest BCUT2D eigenvalue weighted by Gasteiger charge is 2.15. The smallest absolute Gasteiger partial charge is 0.142 e. The van der Waals surface area contributed by atoms with Gasteiger partial charge < -0.3 is 5.32 Å². The van der Waals surface area contributed by atoms with Crippen LogP contribution >= 0.6 is 11.6 Å². The third-order valence-electron chi connectivity index (χ3n) is 2.66. The minimum absolute atomic E-state index is 0.199. The van der Waals surface area contributed by atoms with Crippen molar-refractivity contribution < 1.29 is 4.39 Å². The predicted octanol–water partition coefficient (Wildman–Crippen LogP) is 3.29. The van der Waals surface area contributed by atoms with E-state index in [4.69, 9.17) is 11.6 Å². The molecule has 76 valence electrons. The van der Waals surface area contributed by atoms with Crippen molar-refractivity contribution in [3.63, 3.8) is 0 Å². The fourth-order valence-corrected chi connectivity index (χ4v) is 1.98. The summed E-state index contributed by atoms with van der Waals surface area (Å²) in [6.45, 7) is 1.02. The highest BCUT2D eigenvalue weighted by atomic mass is 35.5. The number of benzene rings is 1. The Labute approximate surface area is 88.3 Å². The van der Waals surface area contributed by atoms with Gasteiger partial charge in [-0.25, -0.2) is 4.39 Å². The molecule has 1 heterocycles. The summed E-state index contributed by atoms with van der Waals surface area (Å²) in [4.78, 5) is 0. The van der Waals surface area contributed by atoms with Gasteiger partial charge in [-0.3, -0.25) is 0 Å². The second-order valence-electron chi connectivity index (χ2n) is 3.68. The number of halogens is 2. The molecule has 1 fully saturated rings. The molecule has 0 aliphatic carbocycles. The number of hydrogen-bond acceptors (Lipinski definition) is 1. The topological polar surface area (TPSA) is 12.0 Å². The molecular weight excluding hydrogens is 201 g/mol. The van der Waals surface area contributed by atoms with Crippen LogP contribution in [-0.4, -0.2) is 6.54 Å². The van der Waals surface area contributed by atoms with Gasteiger partial charge in [0.05, 0.1) is 5.02 Å². The van der Waals surface area contributed by atoms with Gasteiger partial charge in [0.25, 0.3) is 0 Å². The van der Waals surface area contributed by atoms with Crippen LogP contribution in [-0.2, 0) is 0 Å². The van der Waals surface area contributed by atoms with Crippen molar-refractivity contribution in [3.8, 4) is 0 Å². The molecule has 1 saturated heterocycles. The third kappa shape index (κ3) is 2.07. The Balaban J connectivity index is 2.18. The van der Waals surface area contributed by atoms with E-state index in [-0.39, 0.29) is 10.8 Å². The average Bonchev–Trinajstić information content (AvgIpc) is 2.23. The van der Waals surface area contributed by atoms with Crippen LogP contribution in [0, 0.1) is 5.82 Å². The van der Waals surface area contributed by atoms with Crippen molar-refractivity contribution in [2.24, 2.45) is 0 Å². The zero-order chi connectivity index (χ0) is 9.97. The first kappa shape index (κ1) is 9.94. The van der Waals surface area contributed by atoms with Crippen LogP contribution in [0.3, 0.4) is 0 Å². The maximum atomic E-state index is 13.2. The molecule has 0 aromatic heterocycles. The zero-order valence-electron chi connectivity index (χ0n) is 7.89. The van der Waals surface area contributed by atoms with Crippen LogP contribution in [0.1, 0.15) is 30.9 Å². The Morgan fingerprint density at radius 1 is 1.36 bits per heavy atom. The summed E-state index contributed by atoms with van der Waals surface area (Å²) >= 11 is 5.62. The predicted molar refractivity (Wildman–Crippen MR) is 56.0 cm³/mol. The molecule has 1 aromatic carbocycles. The van der Waals surface area contributed by atoms with E-state index < -0.39 is 0 Å². The minimum atomic E-state index is -0.323. The normalized spacial score (nSPS) is 22.3. The Morgan fingerprint density at radius 3 is 2.86 bits per heavy atom. The van der Waals surface area contributed by atoms with Crippen molar-refractivity contribution >= 4 is 11.6 Å². The maximum Gasteiger partial charge on any atom is 0.142 e. The van der Waals surface area contributed by atoms with E-state index in [1.54, 1.807) is 6.07 Å². The lowest BCUT2D eigenvalue weighted by molar-refractivity contribution is 0.411. The first-order valence-corrected chi connectivity index (χ1v) is 5.33. The van der Waals surface area contributed by atoms with Gasteiger partial charge in [0.1, 0.15) is 5.82 Å². The molecule has 2 rings (SSSR count). The molecule has 0 bridgehead atoms. The summed E-state index contributed by atoms with van der Waals surface area (Å²) in [7, 11) is 0. The number of nitrogens with one attached hydrogen (secondary N) is 1. The molecule has 3 heteroatoms. The van der Waals surface area contributed by atoms with Gasteiger partial charge in [-0.15, -0.1) is 0 Å². The van der Waals surface area contributed by atoms with E-state index in [1.807, 2.05) is 6.07 Å². The summed E-state index contributed by atoms with van der Waals surface area (Å²) in [6.07, 6.45) is 3.51. The molecule has 1 aliphatic rings. The van der Waals surface area contributed by atoms with E-state index in [9.17, 15) is 4.39 Å². The summed E-state index contributed by atoms with van der Waals surface area (Å²) in [5.74, 6) is -0.323. The molecule has 0 amide bonds. The molecule has 1 aromatic rings. The lowest BCUT2D eigenvalue weighted by Gasteiger charge is -2.23. The fourth-order valence-electron chi connectivity index (χ4n) is 1.87. The summed E-state index contributed by atoms with van der Waals surface area (Å²) < 4.78 is 13.2. The second-order valence-corrected chi connectivity index (χ2v) is 4.08. The van der Waals surface area contributed by atoms with E-state index in [0.717, 1.165) is 18.5 Å². The maximum absolute atomic E-state index is 13.2. The van der Waals surface area contributed by atoms with Gasteiger partial charge in [0.15, 0.2) is 0 Å². The van der Waals surface area contributed by atoms with Gasteiger partial charge in [-0.05, 0) is 37.1 Å². The summed E-state index contributed by atoms with van der Waals surface area (Å²) in [6, 6.07) is 5.36. The van der Waals surface area contributed by atoms with Crippen LogP contribution in [0.15, 0.2) is 18.2 Å². The molecule has 0 unspecified atom stereocenters. The largest absolute Gasteiger partial charge is 0.310 e. The lowest BCUT2D eigenvalue weighted by Crippen LogP contribution is -2.26. The van der Waals surface area contributed by atoms with Crippen LogP contribution < -0.4 is 5.32 Å². The quantitative estimate of drug-likeness (QED) is 0.755. The third-order valence-corrected chi connectivity index (χ3v) is 2.96. The van der Waals surface area contributed by atoms with Gasteiger partial charge in [-0.1, -0.05) is 24.1 Å². The molecule has 0 saturated carbocycles.